The van der Waals surface area contributed by atoms with E-state index in [4.69, 9.17) is 10.5 Å². The van der Waals surface area contributed by atoms with Crippen LogP contribution in [0.25, 0.3) is 0 Å². The molecule has 0 unspecified atom stereocenters. The molecule has 3 nitrogen and oxygen atoms in total. The second kappa shape index (κ2) is 5.21. The molecule has 0 aromatic heterocycles. The van der Waals surface area contributed by atoms with Crippen molar-refractivity contribution in [2.75, 3.05) is 32.1 Å². The van der Waals surface area contributed by atoms with Crippen LogP contribution in [0.2, 0.25) is 0 Å². The van der Waals surface area contributed by atoms with Gasteiger partial charge in [0.25, 0.3) is 0 Å². The highest BCUT2D eigenvalue weighted by Gasteiger charge is 2.18. The van der Waals surface area contributed by atoms with Crippen molar-refractivity contribution in [3.05, 3.63) is 24.3 Å². The highest BCUT2D eigenvalue weighted by atomic mass is 16.5. The van der Waals surface area contributed by atoms with Crippen LogP contribution in [0.4, 0.5) is 5.69 Å². The lowest BCUT2D eigenvalue weighted by atomic mass is 9.93. The van der Waals surface area contributed by atoms with Crippen LogP contribution in [0.5, 0.6) is 5.75 Å². The van der Waals surface area contributed by atoms with E-state index < -0.39 is 0 Å². The minimum Gasteiger partial charge on any atom is -0.497 e. The number of methoxy groups -OCH3 is 1. The molecule has 16 heavy (non-hydrogen) atoms. The quantitative estimate of drug-likeness (QED) is 0.829. The predicted molar refractivity (Wildman–Crippen MR) is 69.1 cm³/mol. The maximum Gasteiger partial charge on any atom is 0.120 e. The molecule has 0 bridgehead atoms. The van der Waals surface area contributed by atoms with Gasteiger partial charge in [-0.05, 0) is 24.1 Å². The van der Waals surface area contributed by atoms with Crippen molar-refractivity contribution in [1.29, 1.82) is 0 Å². The van der Waals surface area contributed by atoms with Crippen molar-refractivity contribution in [3.8, 4) is 5.75 Å². The largest absolute Gasteiger partial charge is 0.497 e. The molecule has 0 aliphatic rings. The van der Waals surface area contributed by atoms with E-state index >= 15 is 0 Å². The van der Waals surface area contributed by atoms with E-state index in [0.717, 1.165) is 18.0 Å². The van der Waals surface area contributed by atoms with Crippen LogP contribution in [0.3, 0.4) is 0 Å². The third kappa shape index (κ3) is 3.42. The van der Waals surface area contributed by atoms with Gasteiger partial charge in [0.1, 0.15) is 5.75 Å². The Labute approximate surface area is 98.2 Å². The van der Waals surface area contributed by atoms with Crippen LogP contribution in [0, 0.1) is 5.41 Å². The summed E-state index contributed by atoms with van der Waals surface area (Å²) in [5.41, 5.74) is 7.01. The maximum absolute atomic E-state index is 5.74. The topological polar surface area (TPSA) is 38.5 Å². The molecule has 0 saturated carbocycles. The Hall–Kier alpha value is -1.22. The Morgan fingerprint density at radius 3 is 2.62 bits per heavy atom. The van der Waals surface area contributed by atoms with E-state index in [9.17, 15) is 0 Å². The maximum atomic E-state index is 5.74. The molecule has 0 heterocycles. The average molecular weight is 222 g/mol. The first-order valence-corrected chi connectivity index (χ1v) is 5.54. The summed E-state index contributed by atoms with van der Waals surface area (Å²) < 4.78 is 5.21. The highest BCUT2D eigenvalue weighted by Crippen LogP contribution is 2.23. The Morgan fingerprint density at radius 2 is 2.06 bits per heavy atom. The Balaban J connectivity index is 2.76. The molecule has 90 valence electrons. The Kier molecular flexibility index (Phi) is 4.19. The van der Waals surface area contributed by atoms with Crippen molar-refractivity contribution >= 4 is 5.69 Å². The summed E-state index contributed by atoms with van der Waals surface area (Å²) >= 11 is 0. The molecule has 0 atom stereocenters. The molecule has 0 amide bonds. The smallest absolute Gasteiger partial charge is 0.120 e. The Morgan fingerprint density at radius 1 is 1.38 bits per heavy atom. The molecule has 0 aliphatic heterocycles. The zero-order valence-electron chi connectivity index (χ0n) is 10.7. The summed E-state index contributed by atoms with van der Waals surface area (Å²) in [4.78, 5) is 2.20. The second-order valence-corrected chi connectivity index (χ2v) is 4.93. The summed E-state index contributed by atoms with van der Waals surface area (Å²) in [5.74, 6) is 0.884. The number of rotatable bonds is 5. The van der Waals surface area contributed by atoms with Crippen LogP contribution >= 0.6 is 0 Å². The fourth-order valence-corrected chi connectivity index (χ4v) is 1.65. The number of ether oxygens (including phenoxy) is 1. The molecule has 0 radical (unpaired) electrons. The zero-order chi connectivity index (χ0) is 12.2. The van der Waals surface area contributed by atoms with Crippen LogP contribution in [-0.4, -0.2) is 27.2 Å². The van der Waals surface area contributed by atoms with Crippen molar-refractivity contribution in [2.45, 2.75) is 13.8 Å². The van der Waals surface area contributed by atoms with Gasteiger partial charge < -0.3 is 15.4 Å². The second-order valence-electron chi connectivity index (χ2n) is 4.93. The number of nitrogens with two attached hydrogens (primary N) is 1. The SMILES string of the molecule is COc1cccc(N(C)CC(C)(C)CN)c1. The number of nitrogens with zero attached hydrogens (tertiary/aromatic N) is 1. The van der Waals surface area contributed by atoms with Crippen molar-refractivity contribution in [2.24, 2.45) is 11.1 Å². The van der Waals surface area contributed by atoms with Crippen molar-refractivity contribution < 1.29 is 4.74 Å². The monoisotopic (exact) mass is 222 g/mol. The van der Waals surface area contributed by atoms with Gasteiger partial charge in [-0.1, -0.05) is 19.9 Å². The van der Waals surface area contributed by atoms with Crippen molar-refractivity contribution in [3.63, 3.8) is 0 Å². The van der Waals surface area contributed by atoms with E-state index in [1.807, 2.05) is 18.2 Å². The standard InChI is InChI=1S/C13H22N2O/c1-13(2,9-14)10-15(3)11-6-5-7-12(8-11)16-4/h5-8H,9-10,14H2,1-4H3. The minimum atomic E-state index is 0.123. The molecule has 3 heteroatoms. The first kappa shape index (κ1) is 12.8. The van der Waals surface area contributed by atoms with E-state index in [2.05, 4.69) is 31.9 Å². The first-order chi connectivity index (χ1) is 7.48. The number of hydrogen-bond donors (Lipinski definition) is 1. The predicted octanol–water partition coefficient (Wildman–Crippen LogP) is 2.12. The molecule has 0 fully saturated rings. The van der Waals surface area contributed by atoms with E-state index in [0.29, 0.717) is 6.54 Å². The summed E-state index contributed by atoms with van der Waals surface area (Å²) in [6.07, 6.45) is 0. The molecule has 0 spiro atoms. The average Bonchev–Trinajstić information content (AvgIpc) is 2.28. The van der Waals surface area contributed by atoms with Gasteiger partial charge in [-0.2, -0.15) is 0 Å². The van der Waals surface area contributed by atoms with Gasteiger partial charge in [-0.25, -0.2) is 0 Å². The molecule has 1 aromatic rings. The van der Waals surface area contributed by atoms with Crippen LogP contribution in [0.1, 0.15) is 13.8 Å². The molecule has 1 aromatic carbocycles. The number of benzene rings is 1. The van der Waals surface area contributed by atoms with Gasteiger partial charge in [0.2, 0.25) is 0 Å². The third-order valence-electron chi connectivity index (χ3n) is 2.71. The summed E-state index contributed by atoms with van der Waals surface area (Å²) in [5, 5.41) is 0. The zero-order valence-corrected chi connectivity index (χ0v) is 10.7. The van der Waals surface area contributed by atoms with Crippen LogP contribution < -0.4 is 15.4 Å². The molecule has 0 aliphatic carbocycles. The lowest BCUT2D eigenvalue weighted by Gasteiger charge is -2.30. The molecule has 0 saturated heterocycles. The molecular weight excluding hydrogens is 200 g/mol. The first-order valence-electron chi connectivity index (χ1n) is 5.54. The van der Waals surface area contributed by atoms with E-state index in [1.165, 1.54) is 0 Å². The minimum absolute atomic E-state index is 0.123. The van der Waals surface area contributed by atoms with Gasteiger partial charge in [0, 0.05) is 25.3 Å². The fraction of sp³-hybridized carbons (Fsp3) is 0.538. The lowest BCUT2D eigenvalue weighted by molar-refractivity contribution is 0.384. The van der Waals surface area contributed by atoms with Gasteiger partial charge in [0.05, 0.1) is 7.11 Å². The van der Waals surface area contributed by atoms with Crippen LogP contribution in [-0.2, 0) is 0 Å². The number of hydrogen-bond acceptors (Lipinski definition) is 3. The molecular formula is C13H22N2O. The van der Waals surface area contributed by atoms with Gasteiger partial charge in [-0.3, -0.25) is 0 Å². The highest BCUT2D eigenvalue weighted by molar-refractivity contribution is 5.50. The number of anilines is 1. The summed E-state index contributed by atoms with van der Waals surface area (Å²) in [6.45, 7) is 5.95. The molecule has 2 N–H and O–H groups in total. The van der Waals surface area contributed by atoms with Gasteiger partial charge in [0.15, 0.2) is 0 Å². The fourth-order valence-electron chi connectivity index (χ4n) is 1.65. The van der Waals surface area contributed by atoms with E-state index in [-0.39, 0.29) is 5.41 Å². The molecule has 1 rings (SSSR count). The van der Waals surface area contributed by atoms with Gasteiger partial charge in [-0.15, -0.1) is 0 Å². The lowest BCUT2D eigenvalue weighted by Crippen LogP contribution is -2.36. The Bertz CT molecular complexity index is 336. The normalized spacial score (nSPS) is 11.3. The van der Waals surface area contributed by atoms with Gasteiger partial charge >= 0.3 is 0 Å². The summed E-state index contributed by atoms with van der Waals surface area (Å²) in [7, 11) is 3.76. The third-order valence-corrected chi connectivity index (χ3v) is 2.71. The van der Waals surface area contributed by atoms with Crippen molar-refractivity contribution in [1.82, 2.24) is 0 Å². The summed E-state index contributed by atoms with van der Waals surface area (Å²) in [6, 6.07) is 8.06. The van der Waals surface area contributed by atoms with Crippen LogP contribution in [0.15, 0.2) is 24.3 Å². The van der Waals surface area contributed by atoms with E-state index in [1.54, 1.807) is 7.11 Å².